The number of hydrogen-bond acceptors (Lipinski definition) is 4. The summed E-state index contributed by atoms with van der Waals surface area (Å²) in [4.78, 5) is 10.7. The summed E-state index contributed by atoms with van der Waals surface area (Å²) in [6, 6.07) is 0. The van der Waals surface area contributed by atoms with Gasteiger partial charge < -0.3 is 4.74 Å². The molecule has 0 saturated heterocycles. The van der Waals surface area contributed by atoms with Gasteiger partial charge in [0, 0.05) is 13.7 Å². The molecule has 1 rings (SSSR count). The summed E-state index contributed by atoms with van der Waals surface area (Å²) in [6.45, 7) is 5.48. The zero-order chi connectivity index (χ0) is 11.3. The van der Waals surface area contributed by atoms with Crippen LogP contribution in [0.3, 0.4) is 0 Å². The molecular formula is C10H17N3O2. The fourth-order valence-corrected chi connectivity index (χ4v) is 1.58. The van der Waals surface area contributed by atoms with Crippen LogP contribution in [0.5, 0.6) is 0 Å². The number of carbonyl (C=O) groups is 1. The molecule has 0 aliphatic heterocycles. The Kier molecular flexibility index (Phi) is 4.42. The van der Waals surface area contributed by atoms with Gasteiger partial charge in [-0.15, -0.1) is 5.10 Å². The number of carbonyl (C=O) groups excluding carboxylic acids is 1. The third kappa shape index (κ3) is 2.86. The highest BCUT2D eigenvalue weighted by molar-refractivity contribution is 5.73. The second kappa shape index (κ2) is 5.60. The van der Waals surface area contributed by atoms with Crippen molar-refractivity contribution in [2.75, 3.05) is 13.7 Å². The first kappa shape index (κ1) is 11.8. The molecule has 0 N–H and O–H groups in total. The van der Waals surface area contributed by atoms with Crippen LogP contribution < -0.4 is 0 Å². The van der Waals surface area contributed by atoms with Crippen molar-refractivity contribution >= 4 is 6.29 Å². The molecular weight excluding hydrogens is 194 g/mol. The molecule has 0 radical (unpaired) electrons. The predicted molar refractivity (Wildman–Crippen MR) is 55.8 cm³/mol. The number of rotatable bonds is 6. The van der Waals surface area contributed by atoms with Crippen LogP contribution in [0, 0.1) is 5.92 Å². The maximum Gasteiger partial charge on any atom is 0.172 e. The predicted octanol–water partition coefficient (Wildman–Crippen LogP) is 0.935. The Balaban J connectivity index is 2.76. The van der Waals surface area contributed by atoms with Gasteiger partial charge in [0.05, 0.1) is 12.3 Å². The van der Waals surface area contributed by atoms with Gasteiger partial charge in [-0.2, -0.15) is 0 Å². The normalized spacial score (nSPS) is 12.7. The van der Waals surface area contributed by atoms with E-state index in [2.05, 4.69) is 17.2 Å². The Labute approximate surface area is 89.4 Å². The molecule has 1 aromatic heterocycles. The van der Waals surface area contributed by atoms with E-state index in [-0.39, 0.29) is 0 Å². The van der Waals surface area contributed by atoms with E-state index in [0.29, 0.717) is 18.2 Å². The van der Waals surface area contributed by atoms with Gasteiger partial charge in [-0.05, 0) is 12.3 Å². The largest absolute Gasteiger partial charge is 0.384 e. The van der Waals surface area contributed by atoms with Gasteiger partial charge in [0.15, 0.2) is 6.29 Å². The topological polar surface area (TPSA) is 57.0 Å². The fraction of sp³-hybridized carbons (Fsp3) is 0.700. The quantitative estimate of drug-likeness (QED) is 0.657. The average Bonchev–Trinajstić information content (AvgIpc) is 2.60. The Morgan fingerprint density at radius 1 is 1.60 bits per heavy atom. The lowest BCUT2D eigenvalue weighted by Gasteiger charge is -2.11. The van der Waals surface area contributed by atoms with E-state index in [4.69, 9.17) is 4.74 Å². The number of aromatic nitrogens is 3. The van der Waals surface area contributed by atoms with Crippen LogP contribution in [-0.2, 0) is 17.7 Å². The summed E-state index contributed by atoms with van der Waals surface area (Å²) in [5, 5.41) is 7.78. The lowest BCUT2D eigenvalue weighted by Crippen LogP contribution is -2.15. The molecule has 0 aromatic carbocycles. The molecule has 1 heterocycles. The zero-order valence-corrected chi connectivity index (χ0v) is 9.43. The average molecular weight is 211 g/mol. The maximum atomic E-state index is 10.7. The Morgan fingerprint density at radius 3 is 2.87 bits per heavy atom. The fourth-order valence-electron chi connectivity index (χ4n) is 1.58. The van der Waals surface area contributed by atoms with Crippen molar-refractivity contribution in [3.05, 3.63) is 11.4 Å². The Morgan fingerprint density at radius 2 is 2.33 bits per heavy atom. The molecule has 0 fully saturated rings. The first-order chi connectivity index (χ1) is 7.22. The minimum atomic E-state index is 0.363. The van der Waals surface area contributed by atoms with Crippen LogP contribution >= 0.6 is 0 Å². The van der Waals surface area contributed by atoms with Crippen LogP contribution in [0.2, 0.25) is 0 Å². The molecule has 0 bridgehead atoms. The summed E-state index contributed by atoms with van der Waals surface area (Å²) < 4.78 is 6.84. The highest BCUT2D eigenvalue weighted by Crippen LogP contribution is 2.07. The first-order valence-electron chi connectivity index (χ1n) is 5.09. The van der Waals surface area contributed by atoms with Gasteiger partial charge in [0.25, 0.3) is 0 Å². The molecule has 0 saturated carbocycles. The van der Waals surface area contributed by atoms with Gasteiger partial charge in [0.1, 0.15) is 5.69 Å². The first-order valence-corrected chi connectivity index (χ1v) is 5.09. The molecule has 5 nitrogen and oxygen atoms in total. The van der Waals surface area contributed by atoms with Gasteiger partial charge in [0.2, 0.25) is 0 Å². The molecule has 1 unspecified atom stereocenters. The summed E-state index contributed by atoms with van der Waals surface area (Å²) in [5.74, 6) is 0.363. The molecule has 1 aromatic rings. The van der Waals surface area contributed by atoms with Crippen LogP contribution in [0.25, 0.3) is 0 Å². The van der Waals surface area contributed by atoms with Crippen molar-refractivity contribution in [1.82, 2.24) is 15.0 Å². The second-order valence-electron chi connectivity index (χ2n) is 3.64. The summed E-state index contributed by atoms with van der Waals surface area (Å²) in [7, 11) is 1.68. The molecule has 1 atom stereocenters. The van der Waals surface area contributed by atoms with Crippen LogP contribution in [0.15, 0.2) is 0 Å². The van der Waals surface area contributed by atoms with Crippen molar-refractivity contribution in [2.45, 2.75) is 26.8 Å². The van der Waals surface area contributed by atoms with Crippen LogP contribution in [-0.4, -0.2) is 35.0 Å². The van der Waals surface area contributed by atoms with Gasteiger partial charge in [-0.3, -0.25) is 4.79 Å². The SMILES string of the molecule is CCc1c(C=O)nnn1CC(C)COC. The lowest BCUT2D eigenvalue weighted by atomic mass is 10.2. The van der Waals surface area contributed by atoms with Gasteiger partial charge >= 0.3 is 0 Å². The summed E-state index contributed by atoms with van der Waals surface area (Å²) in [6.07, 6.45) is 1.52. The molecule has 0 spiro atoms. The van der Waals surface area contributed by atoms with E-state index in [0.717, 1.165) is 24.9 Å². The smallest absolute Gasteiger partial charge is 0.172 e. The van der Waals surface area contributed by atoms with Crippen LogP contribution in [0.4, 0.5) is 0 Å². The molecule has 0 aliphatic carbocycles. The molecule has 0 amide bonds. The van der Waals surface area contributed by atoms with Crippen molar-refractivity contribution in [1.29, 1.82) is 0 Å². The zero-order valence-electron chi connectivity index (χ0n) is 9.43. The molecule has 84 valence electrons. The lowest BCUT2D eigenvalue weighted by molar-refractivity contribution is 0.111. The van der Waals surface area contributed by atoms with E-state index in [1.807, 2.05) is 6.92 Å². The molecule has 5 heteroatoms. The number of methoxy groups -OCH3 is 1. The number of nitrogens with zero attached hydrogens (tertiary/aromatic N) is 3. The highest BCUT2D eigenvalue weighted by atomic mass is 16.5. The van der Waals surface area contributed by atoms with E-state index in [1.54, 1.807) is 11.8 Å². The van der Waals surface area contributed by atoms with Crippen molar-refractivity contribution in [3.63, 3.8) is 0 Å². The second-order valence-corrected chi connectivity index (χ2v) is 3.64. The minimum absolute atomic E-state index is 0.363. The van der Waals surface area contributed by atoms with E-state index in [1.165, 1.54) is 0 Å². The Bertz CT molecular complexity index is 322. The van der Waals surface area contributed by atoms with Crippen molar-refractivity contribution in [3.8, 4) is 0 Å². The Hall–Kier alpha value is -1.23. The van der Waals surface area contributed by atoms with Crippen LogP contribution in [0.1, 0.15) is 30.0 Å². The highest BCUT2D eigenvalue weighted by Gasteiger charge is 2.12. The molecule has 15 heavy (non-hydrogen) atoms. The van der Waals surface area contributed by atoms with E-state index >= 15 is 0 Å². The third-order valence-electron chi connectivity index (χ3n) is 2.25. The summed E-state index contributed by atoms with van der Waals surface area (Å²) in [5.41, 5.74) is 1.34. The number of aldehydes is 1. The van der Waals surface area contributed by atoms with Crippen molar-refractivity contribution < 1.29 is 9.53 Å². The van der Waals surface area contributed by atoms with Gasteiger partial charge in [-0.25, -0.2) is 4.68 Å². The third-order valence-corrected chi connectivity index (χ3v) is 2.25. The van der Waals surface area contributed by atoms with Crippen molar-refractivity contribution in [2.24, 2.45) is 5.92 Å². The van der Waals surface area contributed by atoms with E-state index < -0.39 is 0 Å². The van der Waals surface area contributed by atoms with E-state index in [9.17, 15) is 4.79 Å². The maximum absolute atomic E-state index is 10.7. The standard InChI is InChI=1S/C10H17N3O2/c1-4-10-9(6-14)11-12-13(10)5-8(2)7-15-3/h6,8H,4-5,7H2,1-3H3. The monoisotopic (exact) mass is 211 g/mol. The minimum Gasteiger partial charge on any atom is -0.384 e. The number of ether oxygens (including phenoxy) is 1. The number of hydrogen-bond donors (Lipinski definition) is 0. The van der Waals surface area contributed by atoms with Gasteiger partial charge in [-0.1, -0.05) is 19.1 Å². The molecule has 0 aliphatic rings. The summed E-state index contributed by atoms with van der Waals surface area (Å²) >= 11 is 0.